The van der Waals surface area contributed by atoms with Gasteiger partial charge in [0, 0.05) is 31.0 Å². The van der Waals surface area contributed by atoms with Gasteiger partial charge >= 0.3 is 0 Å². The molecule has 2 fully saturated rings. The summed E-state index contributed by atoms with van der Waals surface area (Å²) >= 11 is 1.93. The lowest BCUT2D eigenvalue weighted by Gasteiger charge is -2.47. The van der Waals surface area contributed by atoms with Crippen LogP contribution in [-0.2, 0) is 17.8 Å². The van der Waals surface area contributed by atoms with Crippen molar-refractivity contribution in [3.63, 3.8) is 0 Å². The molecule has 0 saturated carbocycles. The van der Waals surface area contributed by atoms with E-state index in [0.717, 1.165) is 36.7 Å². The molecular formula is C19H23N3O3S. The van der Waals surface area contributed by atoms with Gasteiger partial charge in [-0.1, -0.05) is 18.1 Å². The second kappa shape index (κ2) is 7.04. The molecule has 1 amide bonds. The van der Waals surface area contributed by atoms with Gasteiger partial charge in [-0.3, -0.25) is 9.78 Å². The first-order valence-electron chi connectivity index (χ1n) is 8.99. The van der Waals surface area contributed by atoms with E-state index in [1.54, 1.807) is 0 Å². The van der Waals surface area contributed by atoms with Gasteiger partial charge < -0.3 is 14.2 Å². The number of likely N-dealkylation sites (tertiary alicyclic amines) is 1. The van der Waals surface area contributed by atoms with Crippen LogP contribution in [0.4, 0.5) is 0 Å². The second-order valence-corrected chi connectivity index (χ2v) is 8.57. The second-order valence-electron chi connectivity index (χ2n) is 7.08. The van der Waals surface area contributed by atoms with Gasteiger partial charge in [0.2, 0.25) is 0 Å². The summed E-state index contributed by atoms with van der Waals surface area (Å²) in [4.78, 5) is 19.0. The Labute approximate surface area is 157 Å². The SMILES string of the molecule is CCc1oncc1C(=O)N1CC2(CC(OCc3cccc(C)n3)CS2)C1. The first kappa shape index (κ1) is 17.5. The van der Waals surface area contributed by atoms with Crippen LogP contribution in [0, 0.1) is 6.92 Å². The number of aryl methyl sites for hydroxylation is 2. The van der Waals surface area contributed by atoms with E-state index in [0.29, 0.717) is 24.4 Å². The minimum Gasteiger partial charge on any atom is -0.371 e. The quantitative estimate of drug-likeness (QED) is 0.803. The summed E-state index contributed by atoms with van der Waals surface area (Å²) < 4.78 is 11.4. The monoisotopic (exact) mass is 373 g/mol. The Kier molecular flexibility index (Phi) is 4.75. The summed E-state index contributed by atoms with van der Waals surface area (Å²) in [6, 6.07) is 6.00. The molecule has 0 radical (unpaired) electrons. The highest BCUT2D eigenvalue weighted by Crippen LogP contribution is 2.46. The first-order valence-corrected chi connectivity index (χ1v) is 9.98. The fourth-order valence-corrected chi connectivity index (χ4v) is 5.22. The highest BCUT2D eigenvalue weighted by atomic mass is 32.2. The van der Waals surface area contributed by atoms with Gasteiger partial charge in [-0.2, -0.15) is 0 Å². The Bertz CT molecular complexity index is 801. The normalized spacial score (nSPS) is 21.2. The lowest BCUT2D eigenvalue weighted by atomic mass is 9.92. The summed E-state index contributed by atoms with van der Waals surface area (Å²) in [5.41, 5.74) is 2.58. The number of carbonyl (C=O) groups excluding carboxylic acids is 1. The molecule has 2 aliphatic heterocycles. The number of ether oxygens (including phenoxy) is 1. The maximum atomic E-state index is 12.6. The van der Waals surface area contributed by atoms with Crippen LogP contribution in [0.2, 0.25) is 0 Å². The van der Waals surface area contributed by atoms with E-state index in [4.69, 9.17) is 9.26 Å². The number of pyridine rings is 1. The maximum Gasteiger partial charge on any atom is 0.259 e. The average Bonchev–Trinajstić information content (AvgIpc) is 3.25. The van der Waals surface area contributed by atoms with Gasteiger partial charge in [0.15, 0.2) is 0 Å². The molecule has 2 saturated heterocycles. The Morgan fingerprint density at radius 3 is 3.08 bits per heavy atom. The maximum absolute atomic E-state index is 12.6. The lowest BCUT2D eigenvalue weighted by Crippen LogP contribution is -2.60. The first-order chi connectivity index (χ1) is 12.6. The van der Waals surface area contributed by atoms with E-state index in [-0.39, 0.29) is 16.8 Å². The molecule has 2 aliphatic rings. The fraction of sp³-hybridized carbons (Fsp3) is 0.526. The molecule has 1 spiro atoms. The van der Waals surface area contributed by atoms with Crippen molar-refractivity contribution in [2.24, 2.45) is 0 Å². The topological polar surface area (TPSA) is 68.5 Å². The molecule has 0 aliphatic carbocycles. The van der Waals surface area contributed by atoms with Crippen LogP contribution in [0.15, 0.2) is 28.9 Å². The highest BCUT2D eigenvalue weighted by molar-refractivity contribution is 8.01. The number of hydrogen-bond donors (Lipinski definition) is 0. The van der Waals surface area contributed by atoms with Crippen molar-refractivity contribution in [1.29, 1.82) is 0 Å². The van der Waals surface area contributed by atoms with Crippen LogP contribution < -0.4 is 0 Å². The molecule has 1 unspecified atom stereocenters. The number of thioether (sulfide) groups is 1. The van der Waals surface area contributed by atoms with E-state index >= 15 is 0 Å². The number of carbonyl (C=O) groups is 1. The largest absolute Gasteiger partial charge is 0.371 e. The molecule has 4 heterocycles. The molecule has 0 N–H and O–H groups in total. The third-order valence-corrected chi connectivity index (χ3v) is 6.61. The van der Waals surface area contributed by atoms with Crippen LogP contribution >= 0.6 is 11.8 Å². The van der Waals surface area contributed by atoms with Gasteiger partial charge in [-0.15, -0.1) is 11.8 Å². The van der Waals surface area contributed by atoms with Gasteiger partial charge in [-0.05, 0) is 25.5 Å². The van der Waals surface area contributed by atoms with Crippen molar-refractivity contribution in [1.82, 2.24) is 15.0 Å². The highest BCUT2D eigenvalue weighted by Gasteiger charge is 2.51. The Hall–Kier alpha value is -1.86. The van der Waals surface area contributed by atoms with Crippen molar-refractivity contribution >= 4 is 17.7 Å². The molecule has 1 atom stereocenters. The van der Waals surface area contributed by atoms with E-state index in [9.17, 15) is 4.79 Å². The molecule has 2 aromatic heterocycles. The fourth-order valence-electron chi connectivity index (χ4n) is 3.67. The number of rotatable bonds is 5. The summed E-state index contributed by atoms with van der Waals surface area (Å²) in [5.74, 6) is 1.67. The minimum absolute atomic E-state index is 0.0302. The van der Waals surface area contributed by atoms with Crippen molar-refractivity contribution in [2.45, 2.75) is 44.1 Å². The Balaban J connectivity index is 1.29. The minimum atomic E-state index is 0.0302. The summed E-state index contributed by atoms with van der Waals surface area (Å²) in [6.07, 6.45) is 3.42. The number of hydrogen-bond acceptors (Lipinski definition) is 6. The number of nitrogens with zero attached hydrogens (tertiary/aromatic N) is 3. The zero-order valence-electron chi connectivity index (χ0n) is 15.1. The smallest absolute Gasteiger partial charge is 0.259 e. The van der Waals surface area contributed by atoms with Gasteiger partial charge in [-0.25, -0.2) is 0 Å². The number of amides is 1. The third-order valence-electron chi connectivity index (χ3n) is 5.03. The Morgan fingerprint density at radius 2 is 2.31 bits per heavy atom. The molecule has 0 bridgehead atoms. The summed E-state index contributed by atoms with van der Waals surface area (Å²) in [5, 5.41) is 3.76. The van der Waals surface area contributed by atoms with Crippen LogP contribution in [-0.4, -0.2) is 50.6 Å². The molecule has 7 heteroatoms. The lowest BCUT2D eigenvalue weighted by molar-refractivity contribution is 0.0244. The van der Waals surface area contributed by atoms with Crippen molar-refractivity contribution in [3.05, 3.63) is 47.1 Å². The van der Waals surface area contributed by atoms with Crippen molar-refractivity contribution < 1.29 is 14.1 Å². The third kappa shape index (κ3) is 3.38. The summed E-state index contributed by atoms with van der Waals surface area (Å²) in [6.45, 7) is 6.04. The van der Waals surface area contributed by atoms with Gasteiger partial charge in [0.1, 0.15) is 11.3 Å². The van der Waals surface area contributed by atoms with E-state index < -0.39 is 0 Å². The molecular weight excluding hydrogens is 350 g/mol. The van der Waals surface area contributed by atoms with Gasteiger partial charge in [0.25, 0.3) is 5.91 Å². The molecule has 2 aromatic rings. The zero-order valence-corrected chi connectivity index (χ0v) is 15.9. The van der Waals surface area contributed by atoms with Crippen LogP contribution in [0.1, 0.15) is 40.9 Å². The van der Waals surface area contributed by atoms with Crippen molar-refractivity contribution in [3.8, 4) is 0 Å². The van der Waals surface area contributed by atoms with E-state index in [1.165, 1.54) is 6.20 Å². The summed E-state index contributed by atoms with van der Waals surface area (Å²) in [7, 11) is 0. The predicted molar refractivity (Wildman–Crippen MR) is 99.1 cm³/mol. The van der Waals surface area contributed by atoms with Gasteiger partial charge in [0.05, 0.1) is 29.3 Å². The number of aromatic nitrogens is 2. The standard InChI is InChI=1S/C19H23N3O3S/c1-3-17-16(8-20-25-17)18(23)22-11-19(12-22)7-15(10-26-19)24-9-14-6-4-5-13(2)21-14/h4-6,8,15H,3,7,9-12H2,1-2H3. The van der Waals surface area contributed by atoms with Crippen LogP contribution in [0.3, 0.4) is 0 Å². The predicted octanol–water partition coefficient (Wildman–Crippen LogP) is 2.86. The average molecular weight is 373 g/mol. The molecule has 26 heavy (non-hydrogen) atoms. The molecule has 138 valence electrons. The zero-order chi connectivity index (χ0) is 18.1. The van der Waals surface area contributed by atoms with Crippen molar-refractivity contribution in [2.75, 3.05) is 18.8 Å². The van der Waals surface area contributed by atoms with E-state index in [2.05, 4.69) is 10.1 Å². The van der Waals surface area contributed by atoms with E-state index in [1.807, 2.05) is 48.7 Å². The molecule has 6 nitrogen and oxygen atoms in total. The van der Waals surface area contributed by atoms with Crippen LogP contribution in [0.25, 0.3) is 0 Å². The molecule has 0 aromatic carbocycles. The molecule has 4 rings (SSSR count). The van der Waals surface area contributed by atoms with Crippen LogP contribution in [0.5, 0.6) is 0 Å². The Morgan fingerprint density at radius 1 is 1.46 bits per heavy atom.